The van der Waals surface area contributed by atoms with E-state index >= 15 is 0 Å². The topological polar surface area (TPSA) is 37.4 Å². The van der Waals surface area contributed by atoms with Crippen molar-refractivity contribution in [2.24, 2.45) is 0 Å². The van der Waals surface area contributed by atoms with E-state index in [1.165, 1.54) is 0 Å². The molecule has 5 heteroatoms. The molecule has 1 aromatic rings. The van der Waals surface area contributed by atoms with Gasteiger partial charge in [0.1, 0.15) is 10.1 Å². The predicted molar refractivity (Wildman–Crippen MR) is 85.5 cm³/mol. The van der Waals surface area contributed by atoms with Crippen molar-refractivity contribution < 1.29 is 9.59 Å². The van der Waals surface area contributed by atoms with Gasteiger partial charge in [-0.25, -0.2) is 4.90 Å². The van der Waals surface area contributed by atoms with Gasteiger partial charge in [0.05, 0.1) is 5.69 Å². The van der Waals surface area contributed by atoms with Crippen molar-refractivity contribution in [1.29, 1.82) is 0 Å². The number of carbonyl (C=O) groups is 2. The van der Waals surface area contributed by atoms with E-state index in [9.17, 15) is 9.59 Å². The number of anilines is 1. The van der Waals surface area contributed by atoms with E-state index in [2.05, 4.69) is 13.2 Å². The van der Waals surface area contributed by atoms with Crippen molar-refractivity contribution >= 4 is 40.7 Å². The van der Waals surface area contributed by atoms with Gasteiger partial charge in [-0.2, -0.15) is 0 Å². The van der Waals surface area contributed by atoms with Crippen LogP contribution < -0.4 is 4.90 Å². The van der Waals surface area contributed by atoms with Crippen molar-refractivity contribution in [2.45, 2.75) is 12.8 Å². The molecule has 3 nitrogen and oxygen atoms in total. The standard InChI is InChI=1S/C16H13Cl2NO2/c1-3-6-10-8-5-9-11(7-4-2)14(10)19-15(20)12(17)13(18)16(19)21/h3-5,8-9H,1-2,6-7H2. The Balaban J connectivity index is 2.62. The number of rotatable bonds is 5. The predicted octanol–water partition coefficient (Wildman–Crippen LogP) is 3.71. The molecule has 0 unspecified atom stereocenters. The smallest absolute Gasteiger partial charge is 0.267 e. The van der Waals surface area contributed by atoms with Crippen molar-refractivity contribution in [3.8, 4) is 0 Å². The van der Waals surface area contributed by atoms with Crippen LogP contribution in [0.2, 0.25) is 0 Å². The summed E-state index contributed by atoms with van der Waals surface area (Å²) < 4.78 is 0. The molecular formula is C16H13Cl2NO2. The average Bonchev–Trinajstić information content (AvgIpc) is 2.65. The second-order valence-corrected chi connectivity index (χ2v) is 5.24. The molecule has 0 fully saturated rings. The summed E-state index contributed by atoms with van der Waals surface area (Å²) in [5, 5.41) is -0.501. The Morgan fingerprint density at radius 2 is 1.38 bits per heavy atom. The zero-order valence-electron chi connectivity index (χ0n) is 11.2. The van der Waals surface area contributed by atoms with Gasteiger partial charge in [-0.3, -0.25) is 9.59 Å². The second kappa shape index (κ2) is 6.29. The number of hydrogen-bond acceptors (Lipinski definition) is 2. The van der Waals surface area contributed by atoms with Gasteiger partial charge in [-0.05, 0) is 24.0 Å². The lowest BCUT2D eigenvalue weighted by atomic mass is 10.0. The summed E-state index contributed by atoms with van der Waals surface area (Å²) in [4.78, 5) is 25.5. The van der Waals surface area contributed by atoms with Crippen molar-refractivity contribution in [3.63, 3.8) is 0 Å². The molecule has 0 saturated heterocycles. The molecule has 0 radical (unpaired) electrons. The van der Waals surface area contributed by atoms with E-state index in [1.807, 2.05) is 18.2 Å². The van der Waals surface area contributed by atoms with Crippen LogP contribution in [0.4, 0.5) is 5.69 Å². The first kappa shape index (κ1) is 15.5. The third-order valence-electron chi connectivity index (χ3n) is 3.13. The highest BCUT2D eigenvalue weighted by molar-refractivity contribution is 6.62. The quantitative estimate of drug-likeness (QED) is 0.612. The molecule has 1 heterocycles. The molecule has 0 aromatic heterocycles. The van der Waals surface area contributed by atoms with Crippen molar-refractivity contribution in [3.05, 3.63) is 64.7 Å². The fraction of sp³-hybridized carbons (Fsp3) is 0.125. The minimum Gasteiger partial charge on any atom is -0.267 e. The molecule has 1 aliphatic heterocycles. The Kier molecular flexibility index (Phi) is 4.66. The molecule has 21 heavy (non-hydrogen) atoms. The summed E-state index contributed by atoms with van der Waals surface area (Å²) in [6, 6.07) is 5.54. The van der Waals surface area contributed by atoms with Crippen LogP contribution in [0.15, 0.2) is 53.6 Å². The molecular weight excluding hydrogens is 309 g/mol. The number of amides is 2. The summed E-state index contributed by atoms with van der Waals surface area (Å²) in [6.45, 7) is 7.39. The Morgan fingerprint density at radius 1 is 0.952 bits per heavy atom. The van der Waals surface area contributed by atoms with Crippen LogP contribution in [-0.4, -0.2) is 11.8 Å². The SMILES string of the molecule is C=CCc1cccc(CC=C)c1N1C(=O)C(Cl)=C(Cl)C1=O. The minimum absolute atomic E-state index is 0.250. The zero-order chi connectivity index (χ0) is 15.6. The van der Waals surface area contributed by atoms with E-state index in [1.54, 1.807) is 12.2 Å². The zero-order valence-corrected chi connectivity index (χ0v) is 12.7. The highest BCUT2D eigenvalue weighted by atomic mass is 35.5. The maximum Gasteiger partial charge on any atom is 0.278 e. The first-order chi connectivity index (χ1) is 10.0. The number of nitrogens with zero attached hydrogens (tertiary/aromatic N) is 1. The summed E-state index contributed by atoms with van der Waals surface area (Å²) in [5.41, 5.74) is 2.13. The van der Waals surface area contributed by atoms with Crippen LogP contribution in [0, 0.1) is 0 Å². The molecule has 0 spiro atoms. The van der Waals surface area contributed by atoms with Gasteiger partial charge in [-0.15, -0.1) is 13.2 Å². The van der Waals surface area contributed by atoms with Crippen molar-refractivity contribution in [1.82, 2.24) is 0 Å². The minimum atomic E-state index is -0.603. The molecule has 2 rings (SSSR count). The van der Waals surface area contributed by atoms with Gasteiger partial charge in [0.15, 0.2) is 0 Å². The van der Waals surface area contributed by atoms with Gasteiger partial charge in [-0.1, -0.05) is 53.6 Å². The maximum atomic E-state index is 12.2. The van der Waals surface area contributed by atoms with E-state index in [0.29, 0.717) is 18.5 Å². The fourth-order valence-electron chi connectivity index (χ4n) is 2.25. The number of benzene rings is 1. The highest BCUT2D eigenvalue weighted by Crippen LogP contribution is 2.35. The van der Waals surface area contributed by atoms with Crippen LogP contribution in [-0.2, 0) is 22.4 Å². The van der Waals surface area contributed by atoms with E-state index in [0.717, 1.165) is 16.0 Å². The van der Waals surface area contributed by atoms with Gasteiger partial charge >= 0.3 is 0 Å². The number of para-hydroxylation sites is 1. The molecule has 1 aromatic carbocycles. The summed E-state index contributed by atoms with van der Waals surface area (Å²) >= 11 is 11.6. The maximum absolute atomic E-state index is 12.2. The third kappa shape index (κ3) is 2.67. The number of halogens is 2. The average molecular weight is 322 g/mol. The second-order valence-electron chi connectivity index (χ2n) is 4.48. The molecule has 0 atom stereocenters. The van der Waals surface area contributed by atoms with Crippen LogP contribution in [0.5, 0.6) is 0 Å². The number of allylic oxidation sites excluding steroid dienone is 2. The Bertz CT molecular complexity index is 625. The van der Waals surface area contributed by atoms with Gasteiger partial charge in [0.2, 0.25) is 0 Å². The van der Waals surface area contributed by atoms with Crippen molar-refractivity contribution in [2.75, 3.05) is 4.90 Å². The van der Waals surface area contributed by atoms with Crippen LogP contribution in [0.1, 0.15) is 11.1 Å². The Morgan fingerprint density at radius 3 is 1.76 bits per heavy atom. The Labute approximate surface area is 133 Å². The van der Waals surface area contributed by atoms with E-state index in [4.69, 9.17) is 23.2 Å². The summed E-state index contributed by atoms with van der Waals surface area (Å²) in [5.74, 6) is -1.21. The molecule has 108 valence electrons. The molecule has 2 amide bonds. The van der Waals surface area contributed by atoms with Crippen LogP contribution >= 0.6 is 23.2 Å². The first-order valence-corrected chi connectivity index (χ1v) is 7.05. The van der Waals surface area contributed by atoms with E-state index in [-0.39, 0.29) is 10.1 Å². The van der Waals surface area contributed by atoms with Gasteiger partial charge in [0, 0.05) is 0 Å². The lowest BCUT2D eigenvalue weighted by molar-refractivity contribution is -0.120. The Hall–Kier alpha value is -1.84. The number of hydrogen-bond donors (Lipinski definition) is 0. The monoisotopic (exact) mass is 321 g/mol. The molecule has 0 saturated carbocycles. The summed E-state index contributed by atoms with van der Waals surface area (Å²) in [6.07, 6.45) is 4.45. The third-order valence-corrected chi connectivity index (χ3v) is 3.93. The normalized spacial score (nSPS) is 14.9. The summed E-state index contributed by atoms with van der Waals surface area (Å²) in [7, 11) is 0. The molecule has 1 aliphatic rings. The van der Waals surface area contributed by atoms with Crippen LogP contribution in [0.3, 0.4) is 0 Å². The lowest BCUT2D eigenvalue weighted by Gasteiger charge is -2.21. The van der Waals surface area contributed by atoms with Crippen LogP contribution in [0.25, 0.3) is 0 Å². The fourth-order valence-corrected chi connectivity index (χ4v) is 2.58. The molecule has 0 bridgehead atoms. The number of imide groups is 1. The highest BCUT2D eigenvalue weighted by Gasteiger charge is 2.39. The molecule has 0 N–H and O–H groups in total. The molecule has 0 aliphatic carbocycles. The number of carbonyl (C=O) groups excluding carboxylic acids is 2. The van der Waals surface area contributed by atoms with Gasteiger partial charge < -0.3 is 0 Å². The largest absolute Gasteiger partial charge is 0.278 e. The van der Waals surface area contributed by atoms with E-state index < -0.39 is 11.8 Å². The lowest BCUT2D eigenvalue weighted by Crippen LogP contribution is -2.32. The first-order valence-electron chi connectivity index (χ1n) is 6.29. The van der Waals surface area contributed by atoms with Gasteiger partial charge in [0.25, 0.3) is 11.8 Å².